The molecular weight excluding hydrogens is 224 g/mol. The van der Waals surface area contributed by atoms with Crippen LogP contribution in [0.3, 0.4) is 0 Å². The Balaban J connectivity index is 1.96. The highest BCUT2D eigenvalue weighted by atomic mass is 16.3. The van der Waals surface area contributed by atoms with Gasteiger partial charge in [-0.2, -0.15) is 0 Å². The van der Waals surface area contributed by atoms with Crippen molar-refractivity contribution in [1.82, 2.24) is 10.2 Å². The van der Waals surface area contributed by atoms with Gasteiger partial charge in [0.25, 0.3) is 0 Å². The molecular formula is C15H30N2O. The Morgan fingerprint density at radius 1 is 1.22 bits per heavy atom. The minimum atomic E-state index is -0.0326. The second-order valence-corrected chi connectivity index (χ2v) is 6.74. The zero-order chi connectivity index (χ0) is 13.2. The molecule has 0 aromatic heterocycles. The molecule has 2 unspecified atom stereocenters. The fraction of sp³-hybridized carbons (Fsp3) is 1.00. The molecule has 0 aromatic carbocycles. The molecule has 2 N–H and O–H groups in total. The smallest absolute Gasteiger partial charge is 0.0613 e. The van der Waals surface area contributed by atoms with Crippen molar-refractivity contribution in [2.24, 2.45) is 0 Å². The SMILES string of the molecule is CC(C)NC1(CO)CCCC(N(C)C2CCC2)C1. The standard InChI is InChI=1S/C15H30N2O/c1-12(2)16-15(11-18)9-5-8-14(10-15)17(3)13-6-4-7-13/h12-14,16,18H,4-11H2,1-3H3. The third-order valence-electron chi connectivity index (χ3n) is 4.94. The molecule has 2 saturated carbocycles. The third kappa shape index (κ3) is 3.06. The van der Waals surface area contributed by atoms with Gasteiger partial charge in [-0.05, 0) is 45.6 Å². The molecule has 0 radical (unpaired) electrons. The number of nitrogens with zero attached hydrogens (tertiary/aromatic N) is 1. The number of aliphatic hydroxyl groups excluding tert-OH is 1. The van der Waals surface area contributed by atoms with Gasteiger partial charge in [0.05, 0.1) is 6.61 Å². The average Bonchev–Trinajstić information content (AvgIpc) is 2.26. The predicted octanol–water partition coefficient (Wildman–Crippen LogP) is 2.14. The summed E-state index contributed by atoms with van der Waals surface area (Å²) in [7, 11) is 2.29. The molecule has 0 aromatic rings. The summed E-state index contributed by atoms with van der Waals surface area (Å²) < 4.78 is 0. The van der Waals surface area contributed by atoms with Crippen LogP contribution in [-0.4, -0.2) is 47.3 Å². The third-order valence-corrected chi connectivity index (χ3v) is 4.94. The van der Waals surface area contributed by atoms with Crippen LogP contribution in [0.1, 0.15) is 58.8 Å². The topological polar surface area (TPSA) is 35.5 Å². The lowest BCUT2D eigenvalue weighted by atomic mass is 9.77. The lowest BCUT2D eigenvalue weighted by Crippen LogP contribution is -2.58. The zero-order valence-corrected chi connectivity index (χ0v) is 12.3. The van der Waals surface area contributed by atoms with Gasteiger partial charge in [0, 0.05) is 23.7 Å². The van der Waals surface area contributed by atoms with Gasteiger partial charge in [0.2, 0.25) is 0 Å². The molecule has 2 aliphatic rings. The Hall–Kier alpha value is -0.120. The Kier molecular flexibility index (Phi) is 4.68. The van der Waals surface area contributed by atoms with Crippen LogP contribution in [-0.2, 0) is 0 Å². The second kappa shape index (κ2) is 5.89. The summed E-state index contributed by atoms with van der Waals surface area (Å²) in [6, 6.07) is 1.91. The normalized spacial score (nSPS) is 34.0. The number of hydrogen-bond donors (Lipinski definition) is 2. The molecule has 2 fully saturated rings. The summed E-state index contributed by atoms with van der Waals surface area (Å²) in [5.74, 6) is 0. The highest BCUT2D eigenvalue weighted by molar-refractivity contribution is 4.98. The minimum absolute atomic E-state index is 0.0326. The summed E-state index contributed by atoms with van der Waals surface area (Å²) in [5, 5.41) is 13.4. The number of hydrogen-bond acceptors (Lipinski definition) is 3. The van der Waals surface area contributed by atoms with Gasteiger partial charge in [0.15, 0.2) is 0 Å². The van der Waals surface area contributed by atoms with E-state index in [0.717, 1.165) is 18.9 Å². The Morgan fingerprint density at radius 3 is 2.39 bits per heavy atom. The van der Waals surface area contributed by atoms with Crippen molar-refractivity contribution in [3.8, 4) is 0 Å². The first-order chi connectivity index (χ1) is 8.56. The quantitative estimate of drug-likeness (QED) is 0.789. The Labute approximate surface area is 112 Å². The van der Waals surface area contributed by atoms with Gasteiger partial charge in [-0.3, -0.25) is 0 Å². The van der Waals surface area contributed by atoms with E-state index in [1.165, 1.54) is 32.1 Å². The van der Waals surface area contributed by atoms with Gasteiger partial charge in [-0.25, -0.2) is 0 Å². The van der Waals surface area contributed by atoms with Crippen LogP contribution >= 0.6 is 0 Å². The molecule has 2 atom stereocenters. The van der Waals surface area contributed by atoms with E-state index in [-0.39, 0.29) is 12.1 Å². The summed E-state index contributed by atoms with van der Waals surface area (Å²) >= 11 is 0. The van der Waals surface area contributed by atoms with Crippen LogP contribution in [0.2, 0.25) is 0 Å². The summed E-state index contributed by atoms with van der Waals surface area (Å²) in [5.41, 5.74) is -0.0326. The Morgan fingerprint density at radius 2 is 1.89 bits per heavy atom. The van der Waals surface area contributed by atoms with Gasteiger partial charge in [0.1, 0.15) is 0 Å². The van der Waals surface area contributed by atoms with Crippen molar-refractivity contribution in [2.45, 2.75) is 82.5 Å². The van der Waals surface area contributed by atoms with E-state index >= 15 is 0 Å². The van der Waals surface area contributed by atoms with E-state index in [9.17, 15) is 5.11 Å². The molecule has 3 nitrogen and oxygen atoms in total. The fourth-order valence-corrected chi connectivity index (χ4v) is 3.70. The molecule has 18 heavy (non-hydrogen) atoms. The van der Waals surface area contributed by atoms with Crippen LogP contribution in [0.4, 0.5) is 0 Å². The first kappa shape index (κ1) is 14.3. The van der Waals surface area contributed by atoms with Crippen molar-refractivity contribution >= 4 is 0 Å². The van der Waals surface area contributed by atoms with Crippen molar-refractivity contribution in [3.05, 3.63) is 0 Å². The van der Waals surface area contributed by atoms with E-state index in [1.807, 2.05) is 0 Å². The van der Waals surface area contributed by atoms with Crippen molar-refractivity contribution < 1.29 is 5.11 Å². The maximum atomic E-state index is 9.82. The minimum Gasteiger partial charge on any atom is -0.394 e. The maximum absolute atomic E-state index is 9.82. The first-order valence-corrected chi connectivity index (χ1v) is 7.67. The van der Waals surface area contributed by atoms with Crippen LogP contribution in [0.15, 0.2) is 0 Å². The molecule has 0 bridgehead atoms. The highest BCUT2D eigenvalue weighted by Gasteiger charge is 2.39. The van der Waals surface area contributed by atoms with Crippen molar-refractivity contribution in [3.63, 3.8) is 0 Å². The lowest BCUT2D eigenvalue weighted by Gasteiger charge is -2.48. The zero-order valence-electron chi connectivity index (χ0n) is 12.3. The summed E-state index contributed by atoms with van der Waals surface area (Å²) in [6.07, 6.45) is 8.91. The molecule has 3 heteroatoms. The molecule has 0 saturated heterocycles. The molecule has 2 rings (SSSR count). The van der Waals surface area contributed by atoms with Gasteiger partial charge in [-0.1, -0.05) is 20.3 Å². The highest BCUT2D eigenvalue weighted by Crippen LogP contribution is 2.35. The van der Waals surface area contributed by atoms with E-state index in [4.69, 9.17) is 0 Å². The molecule has 0 aliphatic heterocycles. The van der Waals surface area contributed by atoms with Crippen molar-refractivity contribution in [2.75, 3.05) is 13.7 Å². The summed E-state index contributed by atoms with van der Waals surface area (Å²) in [6.45, 7) is 4.63. The number of rotatable bonds is 5. The Bertz CT molecular complexity index is 265. The van der Waals surface area contributed by atoms with Gasteiger partial charge >= 0.3 is 0 Å². The molecule has 0 spiro atoms. The van der Waals surface area contributed by atoms with Crippen LogP contribution in [0, 0.1) is 0 Å². The van der Waals surface area contributed by atoms with E-state index < -0.39 is 0 Å². The van der Waals surface area contributed by atoms with Crippen LogP contribution in [0.25, 0.3) is 0 Å². The molecule has 106 valence electrons. The lowest BCUT2D eigenvalue weighted by molar-refractivity contribution is 0.0301. The largest absolute Gasteiger partial charge is 0.394 e. The van der Waals surface area contributed by atoms with Gasteiger partial charge in [-0.15, -0.1) is 0 Å². The van der Waals surface area contributed by atoms with Crippen LogP contribution in [0.5, 0.6) is 0 Å². The molecule has 2 aliphatic carbocycles. The average molecular weight is 254 g/mol. The monoisotopic (exact) mass is 254 g/mol. The molecule has 0 amide bonds. The van der Waals surface area contributed by atoms with E-state index in [2.05, 4.69) is 31.1 Å². The summed E-state index contributed by atoms with van der Waals surface area (Å²) in [4.78, 5) is 2.59. The number of aliphatic hydroxyl groups is 1. The first-order valence-electron chi connectivity index (χ1n) is 7.67. The van der Waals surface area contributed by atoms with E-state index in [0.29, 0.717) is 12.1 Å². The van der Waals surface area contributed by atoms with Crippen molar-refractivity contribution in [1.29, 1.82) is 0 Å². The maximum Gasteiger partial charge on any atom is 0.0613 e. The number of nitrogens with one attached hydrogen (secondary N) is 1. The fourth-order valence-electron chi connectivity index (χ4n) is 3.70. The van der Waals surface area contributed by atoms with Gasteiger partial charge < -0.3 is 15.3 Å². The molecule has 0 heterocycles. The second-order valence-electron chi connectivity index (χ2n) is 6.74. The van der Waals surface area contributed by atoms with Crippen LogP contribution < -0.4 is 5.32 Å². The van der Waals surface area contributed by atoms with E-state index in [1.54, 1.807) is 0 Å². The predicted molar refractivity (Wildman–Crippen MR) is 75.7 cm³/mol.